The number of hydrogen-bond donors (Lipinski definition) is 3. The molecule has 1 amide bonds. The fourth-order valence-electron chi connectivity index (χ4n) is 1.32. The second kappa shape index (κ2) is 6.35. The molecule has 0 atom stereocenters. The van der Waals surface area contributed by atoms with Crippen LogP contribution in [-0.4, -0.2) is 25.5 Å². The average Bonchev–Trinajstić information content (AvgIpc) is 2.20. The van der Waals surface area contributed by atoms with Crippen LogP contribution in [-0.2, 0) is 4.79 Å². The summed E-state index contributed by atoms with van der Waals surface area (Å²) in [4.78, 5) is 10.4. The standard InChI is InChI=1S/C11H16ClN3O/c1-8-6-9(12)2-3-10(8)15-5-4-14-7-11(13)16/h2-3,6,14-15H,4-5,7H2,1H3,(H2,13,16). The molecule has 0 bridgehead atoms. The molecular weight excluding hydrogens is 226 g/mol. The Labute approximate surface area is 100 Å². The van der Waals surface area contributed by atoms with Gasteiger partial charge in [0.2, 0.25) is 5.91 Å². The fourth-order valence-corrected chi connectivity index (χ4v) is 1.55. The van der Waals surface area contributed by atoms with Crippen molar-refractivity contribution >= 4 is 23.2 Å². The Balaban J connectivity index is 2.29. The smallest absolute Gasteiger partial charge is 0.231 e. The van der Waals surface area contributed by atoms with Crippen LogP contribution in [0, 0.1) is 6.92 Å². The van der Waals surface area contributed by atoms with E-state index in [9.17, 15) is 4.79 Å². The molecule has 0 aliphatic carbocycles. The molecule has 0 aliphatic heterocycles. The van der Waals surface area contributed by atoms with Crippen LogP contribution in [0.5, 0.6) is 0 Å². The van der Waals surface area contributed by atoms with Crippen molar-refractivity contribution in [1.82, 2.24) is 5.32 Å². The van der Waals surface area contributed by atoms with Gasteiger partial charge in [0.15, 0.2) is 0 Å². The highest BCUT2D eigenvalue weighted by Crippen LogP contribution is 2.18. The van der Waals surface area contributed by atoms with Crippen molar-refractivity contribution in [1.29, 1.82) is 0 Å². The van der Waals surface area contributed by atoms with Gasteiger partial charge in [0.05, 0.1) is 6.54 Å². The number of nitrogens with one attached hydrogen (secondary N) is 2. The molecule has 88 valence electrons. The summed E-state index contributed by atoms with van der Waals surface area (Å²) in [6.07, 6.45) is 0. The number of carbonyl (C=O) groups excluding carboxylic acids is 1. The number of hydrogen-bond acceptors (Lipinski definition) is 3. The van der Waals surface area contributed by atoms with Crippen molar-refractivity contribution in [3.05, 3.63) is 28.8 Å². The van der Waals surface area contributed by atoms with Gasteiger partial charge in [-0.25, -0.2) is 0 Å². The molecule has 16 heavy (non-hydrogen) atoms. The van der Waals surface area contributed by atoms with Gasteiger partial charge in [-0.15, -0.1) is 0 Å². The molecule has 4 nitrogen and oxygen atoms in total. The molecule has 0 heterocycles. The first kappa shape index (κ1) is 12.8. The molecule has 4 N–H and O–H groups in total. The van der Waals surface area contributed by atoms with E-state index in [0.717, 1.165) is 22.8 Å². The predicted molar refractivity (Wildman–Crippen MR) is 66.7 cm³/mol. The van der Waals surface area contributed by atoms with E-state index in [1.807, 2.05) is 25.1 Å². The Morgan fingerprint density at radius 1 is 1.44 bits per heavy atom. The maximum Gasteiger partial charge on any atom is 0.231 e. The Hall–Kier alpha value is -1.26. The predicted octanol–water partition coefficient (Wildman–Crippen LogP) is 1.14. The lowest BCUT2D eigenvalue weighted by atomic mass is 10.2. The number of primary amides is 1. The van der Waals surface area contributed by atoms with E-state index < -0.39 is 0 Å². The molecule has 0 unspecified atom stereocenters. The highest BCUT2D eigenvalue weighted by molar-refractivity contribution is 6.30. The van der Waals surface area contributed by atoms with Gasteiger partial charge in [-0.05, 0) is 30.7 Å². The normalized spacial score (nSPS) is 10.1. The molecule has 0 aromatic heterocycles. The van der Waals surface area contributed by atoms with Crippen molar-refractivity contribution in [3.63, 3.8) is 0 Å². The summed E-state index contributed by atoms with van der Waals surface area (Å²) in [6.45, 7) is 3.62. The number of nitrogens with two attached hydrogens (primary N) is 1. The van der Waals surface area contributed by atoms with Gasteiger partial charge < -0.3 is 16.4 Å². The number of amides is 1. The van der Waals surface area contributed by atoms with Crippen molar-refractivity contribution in [2.24, 2.45) is 5.73 Å². The first-order valence-corrected chi connectivity index (χ1v) is 5.46. The third-order valence-corrected chi connectivity index (χ3v) is 2.34. The topological polar surface area (TPSA) is 67.2 Å². The second-order valence-corrected chi connectivity index (χ2v) is 3.97. The minimum atomic E-state index is -0.345. The highest BCUT2D eigenvalue weighted by atomic mass is 35.5. The molecule has 0 saturated heterocycles. The van der Waals surface area contributed by atoms with Gasteiger partial charge in [0, 0.05) is 23.8 Å². The van der Waals surface area contributed by atoms with Crippen LogP contribution in [0.15, 0.2) is 18.2 Å². The minimum absolute atomic E-state index is 0.210. The molecule has 0 spiro atoms. The van der Waals surface area contributed by atoms with Gasteiger partial charge in [-0.1, -0.05) is 11.6 Å². The quantitative estimate of drug-likeness (QED) is 0.655. The van der Waals surface area contributed by atoms with E-state index in [1.165, 1.54) is 0 Å². The zero-order chi connectivity index (χ0) is 12.0. The molecule has 5 heteroatoms. The number of rotatable bonds is 6. The molecule has 0 radical (unpaired) electrons. The van der Waals surface area contributed by atoms with Gasteiger partial charge >= 0.3 is 0 Å². The van der Waals surface area contributed by atoms with E-state index in [-0.39, 0.29) is 12.5 Å². The van der Waals surface area contributed by atoms with Crippen molar-refractivity contribution < 1.29 is 4.79 Å². The average molecular weight is 242 g/mol. The number of anilines is 1. The van der Waals surface area contributed by atoms with Crippen LogP contribution >= 0.6 is 11.6 Å². The van der Waals surface area contributed by atoms with E-state index in [4.69, 9.17) is 17.3 Å². The zero-order valence-electron chi connectivity index (χ0n) is 9.22. The summed E-state index contributed by atoms with van der Waals surface area (Å²) in [6, 6.07) is 5.68. The SMILES string of the molecule is Cc1cc(Cl)ccc1NCCNCC(N)=O. The third kappa shape index (κ3) is 4.51. The fraction of sp³-hybridized carbons (Fsp3) is 0.364. The lowest BCUT2D eigenvalue weighted by Crippen LogP contribution is -2.31. The molecule has 0 fully saturated rings. The number of aryl methyl sites for hydroxylation is 1. The zero-order valence-corrected chi connectivity index (χ0v) is 9.97. The minimum Gasteiger partial charge on any atom is -0.384 e. The largest absolute Gasteiger partial charge is 0.384 e. The molecule has 1 aromatic rings. The third-order valence-electron chi connectivity index (χ3n) is 2.10. The number of halogens is 1. The molecule has 0 aliphatic rings. The summed E-state index contributed by atoms with van der Waals surface area (Å²) in [7, 11) is 0. The summed E-state index contributed by atoms with van der Waals surface area (Å²) in [5.41, 5.74) is 7.14. The van der Waals surface area contributed by atoms with E-state index in [0.29, 0.717) is 6.54 Å². The lowest BCUT2D eigenvalue weighted by molar-refractivity contribution is -0.117. The van der Waals surface area contributed by atoms with E-state index in [2.05, 4.69) is 10.6 Å². The molecular formula is C11H16ClN3O. The summed E-state index contributed by atoms with van der Waals surface area (Å²) in [5.74, 6) is -0.345. The van der Waals surface area contributed by atoms with Gasteiger partial charge in [0.1, 0.15) is 0 Å². The van der Waals surface area contributed by atoms with Gasteiger partial charge in [0.25, 0.3) is 0 Å². The Morgan fingerprint density at radius 2 is 2.19 bits per heavy atom. The van der Waals surface area contributed by atoms with Crippen LogP contribution in [0.1, 0.15) is 5.56 Å². The lowest BCUT2D eigenvalue weighted by Gasteiger charge is -2.09. The number of benzene rings is 1. The first-order chi connectivity index (χ1) is 7.59. The Bertz CT molecular complexity index is 368. The van der Waals surface area contributed by atoms with Crippen LogP contribution in [0.2, 0.25) is 5.02 Å². The summed E-state index contributed by atoms with van der Waals surface area (Å²) < 4.78 is 0. The van der Waals surface area contributed by atoms with Crippen LogP contribution < -0.4 is 16.4 Å². The maximum absolute atomic E-state index is 10.4. The van der Waals surface area contributed by atoms with Crippen molar-refractivity contribution in [2.45, 2.75) is 6.92 Å². The van der Waals surface area contributed by atoms with Crippen LogP contribution in [0.3, 0.4) is 0 Å². The van der Waals surface area contributed by atoms with Gasteiger partial charge in [-0.3, -0.25) is 4.79 Å². The maximum atomic E-state index is 10.4. The Morgan fingerprint density at radius 3 is 2.81 bits per heavy atom. The summed E-state index contributed by atoms with van der Waals surface area (Å²) >= 11 is 5.84. The van der Waals surface area contributed by atoms with Crippen molar-refractivity contribution in [3.8, 4) is 0 Å². The molecule has 0 saturated carbocycles. The number of carbonyl (C=O) groups is 1. The molecule has 1 aromatic carbocycles. The monoisotopic (exact) mass is 241 g/mol. The van der Waals surface area contributed by atoms with E-state index >= 15 is 0 Å². The van der Waals surface area contributed by atoms with E-state index in [1.54, 1.807) is 0 Å². The molecule has 1 rings (SSSR count). The highest BCUT2D eigenvalue weighted by Gasteiger charge is 1.98. The Kier molecular flexibility index (Phi) is 5.08. The van der Waals surface area contributed by atoms with Crippen molar-refractivity contribution in [2.75, 3.05) is 25.0 Å². The second-order valence-electron chi connectivity index (χ2n) is 3.53. The first-order valence-electron chi connectivity index (χ1n) is 5.08. The summed E-state index contributed by atoms with van der Waals surface area (Å²) in [5, 5.41) is 6.89. The van der Waals surface area contributed by atoms with Crippen LogP contribution in [0.25, 0.3) is 0 Å². The van der Waals surface area contributed by atoms with Crippen LogP contribution in [0.4, 0.5) is 5.69 Å². The van der Waals surface area contributed by atoms with Gasteiger partial charge in [-0.2, -0.15) is 0 Å².